The summed E-state index contributed by atoms with van der Waals surface area (Å²) in [5, 5.41) is 5.97. The molecule has 1 unspecified atom stereocenters. The molecule has 2 aromatic heterocycles. The van der Waals surface area contributed by atoms with E-state index in [9.17, 15) is 9.18 Å². The monoisotopic (exact) mass is 482 g/mol. The molecule has 1 aliphatic carbocycles. The van der Waals surface area contributed by atoms with E-state index in [1.807, 2.05) is 31.5 Å². The average molecular weight is 483 g/mol. The van der Waals surface area contributed by atoms with Gasteiger partial charge in [0.1, 0.15) is 0 Å². The standard InChI is InChI=1S/C28H27FN6O/c1-15-11-31-28(36)21-7-6-19(10-22(15)21)33-27-23(29)12-30-26(34-27)20-8-9-25(17(3)16(20)2)35-13-24(32-14-35)18-4-5-18/h6-10,12-15,18H,4-5,11H2,1-3H3,(H,31,36)(H,30,33,34). The van der Waals surface area contributed by atoms with E-state index in [0.717, 1.165) is 33.6 Å². The summed E-state index contributed by atoms with van der Waals surface area (Å²) in [7, 11) is 0. The van der Waals surface area contributed by atoms with Gasteiger partial charge < -0.3 is 15.2 Å². The molecule has 2 aliphatic rings. The van der Waals surface area contributed by atoms with Gasteiger partial charge in [0.05, 0.1) is 18.2 Å². The Balaban J connectivity index is 1.31. The van der Waals surface area contributed by atoms with Crippen molar-refractivity contribution in [2.75, 3.05) is 11.9 Å². The summed E-state index contributed by atoms with van der Waals surface area (Å²) in [6, 6.07) is 9.43. The number of amides is 1. The zero-order valence-corrected chi connectivity index (χ0v) is 20.5. The molecule has 1 fully saturated rings. The van der Waals surface area contributed by atoms with Crippen LogP contribution in [0.15, 0.2) is 49.1 Å². The van der Waals surface area contributed by atoms with Crippen LogP contribution in [0.2, 0.25) is 0 Å². The molecule has 8 heteroatoms. The van der Waals surface area contributed by atoms with Gasteiger partial charge in [-0.3, -0.25) is 4.79 Å². The fraction of sp³-hybridized carbons (Fsp3) is 0.286. The number of rotatable bonds is 5. The molecule has 1 saturated carbocycles. The Hall–Kier alpha value is -4.07. The van der Waals surface area contributed by atoms with Crippen LogP contribution in [0.4, 0.5) is 15.9 Å². The van der Waals surface area contributed by atoms with Crippen molar-refractivity contribution >= 4 is 17.4 Å². The topological polar surface area (TPSA) is 84.7 Å². The van der Waals surface area contributed by atoms with Gasteiger partial charge in [-0.1, -0.05) is 6.92 Å². The van der Waals surface area contributed by atoms with Crippen LogP contribution in [0.3, 0.4) is 0 Å². The van der Waals surface area contributed by atoms with Crippen LogP contribution in [-0.4, -0.2) is 32.0 Å². The summed E-state index contributed by atoms with van der Waals surface area (Å²) in [5.41, 5.74) is 7.43. The molecule has 1 atom stereocenters. The van der Waals surface area contributed by atoms with Crippen molar-refractivity contribution in [3.05, 3.63) is 82.8 Å². The molecule has 0 radical (unpaired) electrons. The number of hydrogen-bond acceptors (Lipinski definition) is 5. The lowest BCUT2D eigenvalue weighted by molar-refractivity contribution is 0.0941. The summed E-state index contributed by atoms with van der Waals surface area (Å²) in [4.78, 5) is 25.5. The van der Waals surface area contributed by atoms with Crippen molar-refractivity contribution in [3.8, 4) is 17.1 Å². The van der Waals surface area contributed by atoms with Crippen molar-refractivity contribution in [3.63, 3.8) is 0 Å². The van der Waals surface area contributed by atoms with Gasteiger partial charge in [0.15, 0.2) is 17.5 Å². The third-order valence-electron chi connectivity index (χ3n) is 7.28. The number of anilines is 2. The Kier molecular flexibility index (Phi) is 5.32. The van der Waals surface area contributed by atoms with Crippen LogP contribution in [0.5, 0.6) is 0 Å². The summed E-state index contributed by atoms with van der Waals surface area (Å²) in [5.74, 6) is 0.683. The number of aromatic nitrogens is 4. The van der Waals surface area contributed by atoms with E-state index < -0.39 is 5.82 Å². The van der Waals surface area contributed by atoms with Gasteiger partial charge in [0.25, 0.3) is 5.91 Å². The van der Waals surface area contributed by atoms with E-state index in [0.29, 0.717) is 29.5 Å². The molecule has 3 heterocycles. The highest BCUT2D eigenvalue weighted by atomic mass is 19.1. The van der Waals surface area contributed by atoms with Gasteiger partial charge in [-0.15, -0.1) is 0 Å². The van der Waals surface area contributed by atoms with Gasteiger partial charge >= 0.3 is 0 Å². The van der Waals surface area contributed by atoms with Crippen molar-refractivity contribution in [2.24, 2.45) is 0 Å². The number of carbonyl (C=O) groups excluding carboxylic acids is 1. The number of imidazole rings is 1. The first-order valence-electron chi connectivity index (χ1n) is 12.3. The molecule has 0 spiro atoms. The Bertz CT molecular complexity index is 1510. The fourth-order valence-electron chi connectivity index (χ4n) is 4.82. The lowest BCUT2D eigenvalue weighted by Crippen LogP contribution is -2.33. The van der Waals surface area contributed by atoms with Crippen LogP contribution in [0.1, 0.15) is 64.3 Å². The largest absolute Gasteiger partial charge is 0.351 e. The van der Waals surface area contributed by atoms with Gasteiger partial charge in [-0.05, 0) is 79.6 Å². The van der Waals surface area contributed by atoms with Crippen molar-refractivity contribution < 1.29 is 9.18 Å². The zero-order chi connectivity index (χ0) is 25.0. The predicted octanol–water partition coefficient (Wildman–Crippen LogP) is 5.55. The Morgan fingerprint density at radius 1 is 1.08 bits per heavy atom. The minimum absolute atomic E-state index is 0.0844. The molecule has 4 aromatic rings. The number of halogens is 1. The summed E-state index contributed by atoms with van der Waals surface area (Å²) < 4.78 is 16.8. The molecule has 6 rings (SSSR count). The van der Waals surface area contributed by atoms with Crippen molar-refractivity contribution in [1.82, 2.24) is 24.8 Å². The van der Waals surface area contributed by atoms with Crippen LogP contribution in [0, 0.1) is 19.7 Å². The highest BCUT2D eigenvalue weighted by Gasteiger charge is 2.26. The molecule has 7 nitrogen and oxygen atoms in total. The van der Waals surface area contributed by atoms with E-state index in [2.05, 4.69) is 50.2 Å². The SMILES string of the molecule is Cc1c(-c2ncc(F)c(Nc3ccc4c(c3)C(C)CNC4=O)n2)ccc(-n2cnc(C3CC3)c2)c1C. The van der Waals surface area contributed by atoms with Gasteiger partial charge in [0.2, 0.25) is 0 Å². The van der Waals surface area contributed by atoms with E-state index >= 15 is 0 Å². The summed E-state index contributed by atoms with van der Waals surface area (Å²) in [6.45, 7) is 6.73. The molecule has 182 valence electrons. The van der Waals surface area contributed by atoms with Gasteiger partial charge in [-0.25, -0.2) is 19.3 Å². The van der Waals surface area contributed by atoms with E-state index in [4.69, 9.17) is 0 Å². The first-order valence-corrected chi connectivity index (χ1v) is 12.3. The lowest BCUT2D eigenvalue weighted by atomic mass is 9.91. The number of nitrogens with one attached hydrogen (secondary N) is 2. The normalized spacial score (nSPS) is 17.0. The van der Waals surface area contributed by atoms with Crippen molar-refractivity contribution in [2.45, 2.75) is 45.4 Å². The first kappa shape index (κ1) is 22.4. The molecular weight excluding hydrogens is 455 g/mol. The minimum atomic E-state index is -0.542. The van der Waals surface area contributed by atoms with Crippen LogP contribution >= 0.6 is 0 Å². The second-order valence-electron chi connectivity index (χ2n) is 9.79. The summed E-state index contributed by atoms with van der Waals surface area (Å²) >= 11 is 0. The number of nitrogens with zero attached hydrogens (tertiary/aromatic N) is 4. The van der Waals surface area contributed by atoms with E-state index in [1.165, 1.54) is 19.0 Å². The van der Waals surface area contributed by atoms with Gasteiger partial charge in [0, 0.05) is 41.2 Å². The third-order valence-corrected chi connectivity index (χ3v) is 7.28. The predicted molar refractivity (Wildman–Crippen MR) is 136 cm³/mol. The van der Waals surface area contributed by atoms with Crippen LogP contribution in [0.25, 0.3) is 17.1 Å². The quantitative estimate of drug-likeness (QED) is 0.389. The van der Waals surface area contributed by atoms with Gasteiger partial charge in [-0.2, -0.15) is 0 Å². The minimum Gasteiger partial charge on any atom is -0.351 e. The van der Waals surface area contributed by atoms with E-state index in [1.54, 1.807) is 12.1 Å². The molecular formula is C28H27FN6O. The second-order valence-corrected chi connectivity index (χ2v) is 9.79. The molecule has 2 N–H and O–H groups in total. The third kappa shape index (κ3) is 3.92. The average Bonchev–Trinajstić information content (AvgIpc) is 3.61. The Morgan fingerprint density at radius 3 is 2.69 bits per heavy atom. The molecule has 2 aromatic carbocycles. The smallest absolute Gasteiger partial charge is 0.251 e. The highest BCUT2D eigenvalue weighted by Crippen LogP contribution is 2.39. The second kappa shape index (κ2) is 8.55. The molecule has 0 saturated heterocycles. The number of hydrogen-bond donors (Lipinski definition) is 2. The lowest BCUT2D eigenvalue weighted by Gasteiger charge is -2.23. The molecule has 1 amide bonds. The van der Waals surface area contributed by atoms with Crippen LogP contribution in [-0.2, 0) is 0 Å². The van der Waals surface area contributed by atoms with E-state index in [-0.39, 0.29) is 17.6 Å². The fourth-order valence-corrected chi connectivity index (χ4v) is 4.82. The number of carbonyl (C=O) groups is 1. The maximum atomic E-state index is 14.7. The zero-order valence-electron chi connectivity index (χ0n) is 20.5. The molecule has 1 aliphatic heterocycles. The Morgan fingerprint density at radius 2 is 1.89 bits per heavy atom. The Labute approximate surface area is 208 Å². The molecule has 0 bridgehead atoms. The number of fused-ring (bicyclic) bond motifs is 1. The highest BCUT2D eigenvalue weighted by molar-refractivity contribution is 5.97. The maximum absolute atomic E-state index is 14.7. The number of benzene rings is 2. The maximum Gasteiger partial charge on any atom is 0.251 e. The van der Waals surface area contributed by atoms with Crippen molar-refractivity contribution in [1.29, 1.82) is 0 Å². The molecule has 36 heavy (non-hydrogen) atoms. The van der Waals surface area contributed by atoms with Crippen LogP contribution < -0.4 is 10.6 Å². The first-order chi connectivity index (χ1) is 17.4. The summed E-state index contributed by atoms with van der Waals surface area (Å²) in [6.07, 6.45) is 7.60.